The number of nitrogens with one attached hydrogen (secondary N) is 1. The Balaban J connectivity index is 1.36. The molecule has 2 saturated heterocycles. The number of aromatic nitrogens is 2. The number of aliphatic hydroxyl groups is 1. The summed E-state index contributed by atoms with van der Waals surface area (Å²) < 4.78 is 0. The molecule has 2 aliphatic rings. The molecule has 0 bridgehead atoms. The Labute approximate surface area is 166 Å². The first-order valence-electron chi connectivity index (χ1n) is 10.4. The number of fused-ring (bicyclic) bond motifs is 1. The van der Waals surface area contributed by atoms with E-state index in [0.717, 1.165) is 63.1 Å². The Morgan fingerprint density at radius 3 is 2.61 bits per heavy atom. The van der Waals surface area contributed by atoms with Crippen LogP contribution in [0.4, 0.5) is 0 Å². The molecule has 152 valence electrons. The SMILES string of the molecule is C[C@@H](C1CCN(C(=O)c2ccc3nc(CO)[nH]c3c2)CC1)N1CCN(C)CC1. The summed E-state index contributed by atoms with van der Waals surface area (Å²) in [4.78, 5) is 27.3. The van der Waals surface area contributed by atoms with Gasteiger partial charge in [-0.1, -0.05) is 0 Å². The van der Waals surface area contributed by atoms with E-state index >= 15 is 0 Å². The molecule has 0 radical (unpaired) electrons. The molecule has 2 aromatic rings. The standard InChI is InChI=1S/C21H31N5O2/c1-15(25-11-9-24(2)10-12-25)16-5-7-26(8-6-16)21(28)17-3-4-18-19(13-17)23-20(14-27)22-18/h3-4,13,15-16,27H,5-12,14H2,1-2H3,(H,22,23)/t15-/m0/s1. The molecule has 1 aromatic carbocycles. The monoisotopic (exact) mass is 385 g/mol. The quantitative estimate of drug-likeness (QED) is 0.835. The molecule has 7 nitrogen and oxygen atoms in total. The maximum absolute atomic E-state index is 13.0. The van der Waals surface area contributed by atoms with Gasteiger partial charge in [-0.3, -0.25) is 9.69 Å². The van der Waals surface area contributed by atoms with E-state index in [9.17, 15) is 9.90 Å². The summed E-state index contributed by atoms with van der Waals surface area (Å²) in [6.07, 6.45) is 2.14. The first kappa shape index (κ1) is 19.4. The Hall–Kier alpha value is -1.96. The van der Waals surface area contributed by atoms with E-state index in [4.69, 9.17) is 0 Å². The molecule has 1 aromatic heterocycles. The van der Waals surface area contributed by atoms with Gasteiger partial charge >= 0.3 is 0 Å². The number of aliphatic hydroxyl groups excluding tert-OH is 1. The fourth-order valence-corrected chi connectivity index (χ4v) is 4.57. The number of carbonyl (C=O) groups excluding carboxylic acids is 1. The molecule has 0 spiro atoms. The zero-order valence-corrected chi connectivity index (χ0v) is 16.9. The highest BCUT2D eigenvalue weighted by atomic mass is 16.3. The van der Waals surface area contributed by atoms with Crippen molar-refractivity contribution in [1.29, 1.82) is 0 Å². The number of amides is 1. The van der Waals surface area contributed by atoms with Crippen molar-refractivity contribution < 1.29 is 9.90 Å². The van der Waals surface area contributed by atoms with Crippen molar-refractivity contribution in [2.75, 3.05) is 46.3 Å². The first-order valence-corrected chi connectivity index (χ1v) is 10.4. The number of aromatic amines is 1. The molecule has 1 amide bonds. The second kappa shape index (κ2) is 8.19. The van der Waals surface area contributed by atoms with Gasteiger partial charge in [-0.15, -0.1) is 0 Å². The van der Waals surface area contributed by atoms with Gasteiger partial charge in [0.15, 0.2) is 0 Å². The van der Waals surface area contributed by atoms with Gasteiger partial charge in [0.1, 0.15) is 12.4 Å². The van der Waals surface area contributed by atoms with Crippen molar-refractivity contribution in [2.45, 2.75) is 32.4 Å². The molecule has 28 heavy (non-hydrogen) atoms. The van der Waals surface area contributed by atoms with Crippen LogP contribution in [0.5, 0.6) is 0 Å². The summed E-state index contributed by atoms with van der Waals surface area (Å²) in [6.45, 7) is 8.48. The zero-order chi connectivity index (χ0) is 19.7. The van der Waals surface area contributed by atoms with Gasteiger partial charge in [0, 0.05) is 50.9 Å². The minimum Gasteiger partial charge on any atom is -0.388 e. The number of H-pyrrole nitrogens is 1. The van der Waals surface area contributed by atoms with Gasteiger partial charge in [0.05, 0.1) is 11.0 Å². The molecule has 3 heterocycles. The minimum absolute atomic E-state index is 0.0905. The van der Waals surface area contributed by atoms with Crippen LogP contribution >= 0.6 is 0 Å². The average molecular weight is 386 g/mol. The van der Waals surface area contributed by atoms with Gasteiger partial charge in [0.2, 0.25) is 0 Å². The number of likely N-dealkylation sites (tertiary alicyclic amines) is 1. The lowest BCUT2D eigenvalue weighted by Crippen LogP contribution is -2.52. The van der Waals surface area contributed by atoms with Crippen molar-refractivity contribution in [3.05, 3.63) is 29.6 Å². The highest BCUT2D eigenvalue weighted by Crippen LogP contribution is 2.26. The maximum atomic E-state index is 13.0. The van der Waals surface area contributed by atoms with Crippen LogP contribution in [0.2, 0.25) is 0 Å². The largest absolute Gasteiger partial charge is 0.388 e. The summed E-state index contributed by atoms with van der Waals surface area (Å²) >= 11 is 0. The average Bonchev–Trinajstić information content (AvgIpc) is 3.16. The van der Waals surface area contributed by atoms with E-state index in [-0.39, 0.29) is 12.5 Å². The van der Waals surface area contributed by atoms with Crippen molar-refractivity contribution in [2.24, 2.45) is 5.92 Å². The van der Waals surface area contributed by atoms with Crippen molar-refractivity contribution in [3.8, 4) is 0 Å². The normalized spacial score (nSPS) is 21.3. The Morgan fingerprint density at radius 1 is 1.21 bits per heavy atom. The molecule has 0 aliphatic carbocycles. The number of carbonyl (C=O) groups is 1. The molecule has 4 rings (SSSR count). The molecule has 0 unspecified atom stereocenters. The summed E-state index contributed by atoms with van der Waals surface area (Å²) in [5, 5.41) is 9.22. The number of imidazole rings is 1. The lowest BCUT2D eigenvalue weighted by Gasteiger charge is -2.42. The van der Waals surface area contributed by atoms with E-state index in [1.165, 1.54) is 0 Å². The lowest BCUT2D eigenvalue weighted by atomic mass is 9.88. The van der Waals surface area contributed by atoms with Crippen LogP contribution < -0.4 is 0 Å². The Kier molecular flexibility index (Phi) is 5.66. The highest BCUT2D eigenvalue weighted by Gasteiger charge is 2.30. The molecule has 2 fully saturated rings. The summed E-state index contributed by atoms with van der Waals surface area (Å²) in [7, 11) is 2.19. The molecule has 2 aliphatic heterocycles. The molecule has 1 atom stereocenters. The number of piperidine rings is 1. The second-order valence-corrected chi connectivity index (χ2v) is 8.28. The van der Waals surface area contributed by atoms with E-state index < -0.39 is 0 Å². The smallest absolute Gasteiger partial charge is 0.253 e. The topological polar surface area (TPSA) is 75.7 Å². The van der Waals surface area contributed by atoms with Gasteiger partial charge < -0.3 is 19.9 Å². The van der Waals surface area contributed by atoms with Crippen molar-refractivity contribution in [1.82, 2.24) is 24.7 Å². The van der Waals surface area contributed by atoms with E-state index in [2.05, 4.69) is 33.7 Å². The third-order valence-electron chi connectivity index (χ3n) is 6.55. The second-order valence-electron chi connectivity index (χ2n) is 8.28. The van der Waals surface area contributed by atoms with Gasteiger partial charge in [-0.2, -0.15) is 0 Å². The van der Waals surface area contributed by atoms with Crippen molar-refractivity contribution in [3.63, 3.8) is 0 Å². The number of hydrogen-bond donors (Lipinski definition) is 2. The third kappa shape index (κ3) is 3.92. The van der Waals surface area contributed by atoms with Gasteiger partial charge in [-0.05, 0) is 50.9 Å². The highest BCUT2D eigenvalue weighted by molar-refractivity contribution is 5.97. The number of rotatable bonds is 4. The summed E-state index contributed by atoms with van der Waals surface area (Å²) in [5.74, 6) is 1.28. The zero-order valence-electron chi connectivity index (χ0n) is 16.9. The number of hydrogen-bond acceptors (Lipinski definition) is 5. The number of likely N-dealkylation sites (N-methyl/N-ethyl adjacent to an activating group) is 1. The molecule has 2 N–H and O–H groups in total. The summed E-state index contributed by atoms with van der Waals surface area (Å²) in [5.41, 5.74) is 2.26. The Morgan fingerprint density at radius 2 is 1.93 bits per heavy atom. The number of nitrogens with zero attached hydrogens (tertiary/aromatic N) is 4. The van der Waals surface area contributed by atoms with Crippen LogP contribution in [0.25, 0.3) is 11.0 Å². The molecule has 7 heteroatoms. The molecule has 0 saturated carbocycles. The van der Waals surface area contributed by atoms with E-state index in [0.29, 0.717) is 23.3 Å². The van der Waals surface area contributed by atoms with Crippen molar-refractivity contribution >= 4 is 16.9 Å². The van der Waals surface area contributed by atoms with Crippen LogP contribution in [-0.2, 0) is 6.61 Å². The lowest BCUT2D eigenvalue weighted by molar-refractivity contribution is 0.0500. The fourth-order valence-electron chi connectivity index (χ4n) is 4.57. The van der Waals surface area contributed by atoms with Crippen LogP contribution in [0.15, 0.2) is 18.2 Å². The maximum Gasteiger partial charge on any atom is 0.253 e. The predicted molar refractivity (Wildman–Crippen MR) is 109 cm³/mol. The van der Waals surface area contributed by atoms with Crippen LogP contribution in [0.1, 0.15) is 35.9 Å². The fraction of sp³-hybridized carbons (Fsp3) is 0.619. The summed E-state index contributed by atoms with van der Waals surface area (Å²) in [6, 6.07) is 6.12. The van der Waals surface area contributed by atoms with Crippen LogP contribution in [0.3, 0.4) is 0 Å². The van der Waals surface area contributed by atoms with E-state index in [1.54, 1.807) is 0 Å². The van der Waals surface area contributed by atoms with E-state index in [1.807, 2.05) is 23.1 Å². The van der Waals surface area contributed by atoms with Crippen LogP contribution in [-0.4, -0.2) is 88.0 Å². The number of piperazine rings is 1. The van der Waals surface area contributed by atoms with Gasteiger partial charge in [0.25, 0.3) is 5.91 Å². The molecular weight excluding hydrogens is 354 g/mol. The predicted octanol–water partition coefficient (Wildman–Crippen LogP) is 1.54. The Bertz CT molecular complexity index is 819. The number of benzene rings is 1. The third-order valence-corrected chi connectivity index (χ3v) is 6.55. The first-order chi connectivity index (χ1) is 13.5. The van der Waals surface area contributed by atoms with Gasteiger partial charge in [-0.25, -0.2) is 4.98 Å². The minimum atomic E-state index is -0.128. The molecular formula is C21H31N5O2. The van der Waals surface area contributed by atoms with Crippen LogP contribution in [0, 0.1) is 5.92 Å².